The maximum atomic E-state index is 12.8. The molecule has 0 bridgehead atoms. The molecule has 0 amide bonds. The van der Waals surface area contributed by atoms with Gasteiger partial charge in [-0.25, -0.2) is 0 Å². The number of aryl methyl sites for hydroxylation is 1. The minimum absolute atomic E-state index is 0.281. The minimum atomic E-state index is -0.660. The molecule has 2 nitrogen and oxygen atoms in total. The first kappa shape index (κ1) is 21.3. The first-order valence-electron chi connectivity index (χ1n) is 9.09. The fourth-order valence-electron chi connectivity index (χ4n) is 2.68. The van der Waals surface area contributed by atoms with Crippen molar-refractivity contribution in [3.05, 3.63) is 59.7 Å². The molecule has 0 saturated carbocycles. The van der Waals surface area contributed by atoms with Gasteiger partial charge in [0.1, 0.15) is 0 Å². The van der Waals surface area contributed by atoms with Crippen LogP contribution in [0, 0.1) is 24.7 Å². The minimum Gasteiger partial charge on any atom is -0.444 e. The number of ether oxygens (including phenoxy) is 1. The Balaban J connectivity index is 2.96. The average Bonchev–Trinajstić information content (AvgIpc) is 2.68. The third-order valence-corrected chi connectivity index (χ3v) is 4.30. The van der Waals surface area contributed by atoms with Crippen LogP contribution in [0.3, 0.4) is 0 Å². The zero-order valence-corrected chi connectivity index (χ0v) is 15.8. The number of terminal acetylenes is 2. The molecule has 2 unspecified atom stereocenters. The summed E-state index contributed by atoms with van der Waals surface area (Å²) >= 11 is 0. The number of benzene rings is 1. The van der Waals surface area contributed by atoms with Crippen molar-refractivity contribution in [1.29, 1.82) is 0 Å². The Labute approximate surface area is 158 Å². The fraction of sp³-hybridized carbons (Fsp3) is 0.375. The SMILES string of the molecule is C#CCC(C(=O)OC(C#C)/C(=C/CCC=C)CC)c1ccc(CC)cc1. The van der Waals surface area contributed by atoms with E-state index >= 15 is 0 Å². The van der Waals surface area contributed by atoms with Gasteiger partial charge in [-0.2, -0.15) is 0 Å². The molecule has 2 atom stereocenters. The van der Waals surface area contributed by atoms with Crippen LogP contribution in [-0.2, 0) is 16.0 Å². The summed E-state index contributed by atoms with van der Waals surface area (Å²) in [5, 5.41) is 0. The van der Waals surface area contributed by atoms with Crippen LogP contribution in [-0.4, -0.2) is 12.1 Å². The van der Waals surface area contributed by atoms with Crippen LogP contribution >= 0.6 is 0 Å². The van der Waals surface area contributed by atoms with Crippen LogP contribution in [0.15, 0.2) is 48.6 Å². The van der Waals surface area contributed by atoms with Gasteiger partial charge in [-0.3, -0.25) is 4.79 Å². The smallest absolute Gasteiger partial charge is 0.315 e. The van der Waals surface area contributed by atoms with Crippen molar-refractivity contribution < 1.29 is 9.53 Å². The van der Waals surface area contributed by atoms with E-state index in [4.69, 9.17) is 17.6 Å². The topological polar surface area (TPSA) is 26.3 Å². The van der Waals surface area contributed by atoms with E-state index < -0.39 is 12.0 Å². The van der Waals surface area contributed by atoms with E-state index in [1.165, 1.54) is 5.56 Å². The standard InChI is InChI=1S/C24H28O2/c1-6-11-12-14-20(9-4)23(10-5)26-24(25)22(13-7-2)21-17-15-19(8-3)16-18-21/h2,5-6,14-18,22-23H,1,8-9,11-13H2,3-4H3/b20-14+. The molecule has 0 aromatic heterocycles. The molecular formula is C24H28O2. The van der Waals surface area contributed by atoms with Crippen molar-refractivity contribution in [1.82, 2.24) is 0 Å². The molecule has 0 aliphatic carbocycles. The number of esters is 1. The molecule has 1 aromatic rings. The molecule has 0 heterocycles. The van der Waals surface area contributed by atoms with Gasteiger partial charge < -0.3 is 4.74 Å². The maximum Gasteiger partial charge on any atom is 0.315 e. The van der Waals surface area contributed by atoms with Crippen LogP contribution in [0.5, 0.6) is 0 Å². The van der Waals surface area contributed by atoms with Gasteiger partial charge in [-0.05, 0) is 42.4 Å². The average molecular weight is 348 g/mol. The highest BCUT2D eigenvalue weighted by atomic mass is 16.5. The summed E-state index contributed by atoms with van der Waals surface area (Å²) in [4.78, 5) is 12.8. The predicted molar refractivity (Wildman–Crippen MR) is 109 cm³/mol. The number of rotatable bonds is 10. The number of carbonyl (C=O) groups is 1. The molecule has 0 fully saturated rings. The van der Waals surface area contributed by atoms with Crippen molar-refractivity contribution in [3.63, 3.8) is 0 Å². The molecule has 0 spiro atoms. The quantitative estimate of drug-likeness (QED) is 0.251. The Morgan fingerprint density at radius 2 is 1.92 bits per heavy atom. The highest BCUT2D eigenvalue weighted by Gasteiger charge is 2.25. The number of hydrogen-bond acceptors (Lipinski definition) is 2. The number of unbranched alkanes of at least 4 members (excludes halogenated alkanes) is 1. The van der Waals surface area contributed by atoms with Crippen LogP contribution in [0.2, 0.25) is 0 Å². The molecule has 0 aliphatic rings. The number of hydrogen-bond donors (Lipinski definition) is 0. The molecule has 1 rings (SSSR count). The Morgan fingerprint density at radius 3 is 2.42 bits per heavy atom. The van der Waals surface area contributed by atoms with Gasteiger partial charge in [0.25, 0.3) is 0 Å². The Morgan fingerprint density at radius 1 is 1.23 bits per heavy atom. The van der Waals surface area contributed by atoms with Gasteiger partial charge in [-0.1, -0.05) is 56.2 Å². The van der Waals surface area contributed by atoms with Gasteiger partial charge in [0, 0.05) is 6.42 Å². The summed E-state index contributed by atoms with van der Waals surface area (Å²) in [6.45, 7) is 7.80. The number of allylic oxidation sites excluding steroid dienone is 2. The molecule has 0 radical (unpaired) electrons. The summed E-state index contributed by atoms with van der Waals surface area (Å²) < 4.78 is 5.64. The summed E-state index contributed by atoms with van der Waals surface area (Å²) in [5.41, 5.74) is 3.00. The van der Waals surface area contributed by atoms with Crippen LogP contribution in [0.25, 0.3) is 0 Å². The van der Waals surface area contributed by atoms with Crippen LogP contribution < -0.4 is 0 Å². The lowest BCUT2D eigenvalue weighted by atomic mass is 9.94. The lowest BCUT2D eigenvalue weighted by Crippen LogP contribution is -2.24. The molecule has 26 heavy (non-hydrogen) atoms. The summed E-state index contributed by atoms with van der Waals surface area (Å²) in [5.74, 6) is 4.28. The van der Waals surface area contributed by atoms with Gasteiger partial charge >= 0.3 is 5.97 Å². The zero-order chi connectivity index (χ0) is 19.4. The molecular weight excluding hydrogens is 320 g/mol. The zero-order valence-electron chi connectivity index (χ0n) is 15.8. The number of carbonyl (C=O) groups excluding carboxylic acids is 1. The maximum absolute atomic E-state index is 12.8. The second kappa shape index (κ2) is 11.8. The predicted octanol–water partition coefficient (Wildman–Crippen LogP) is 5.20. The van der Waals surface area contributed by atoms with Crippen molar-refractivity contribution in [2.75, 3.05) is 0 Å². The van der Waals surface area contributed by atoms with E-state index in [9.17, 15) is 4.79 Å². The van der Waals surface area contributed by atoms with E-state index in [2.05, 4.69) is 25.3 Å². The largest absolute Gasteiger partial charge is 0.444 e. The summed E-state index contributed by atoms with van der Waals surface area (Å²) in [7, 11) is 0. The highest BCUT2D eigenvalue weighted by molar-refractivity contribution is 5.79. The van der Waals surface area contributed by atoms with E-state index in [1.54, 1.807) is 0 Å². The van der Waals surface area contributed by atoms with E-state index in [0.29, 0.717) is 0 Å². The van der Waals surface area contributed by atoms with Crippen molar-refractivity contribution >= 4 is 5.97 Å². The lowest BCUT2D eigenvalue weighted by molar-refractivity contribution is -0.147. The summed E-state index contributed by atoms with van der Waals surface area (Å²) in [6.07, 6.45) is 18.0. The van der Waals surface area contributed by atoms with Crippen molar-refractivity contribution in [2.24, 2.45) is 0 Å². The first-order valence-corrected chi connectivity index (χ1v) is 9.09. The van der Waals surface area contributed by atoms with Gasteiger partial charge in [0.2, 0.25) is 0 Å². The van der Waals surface area contributed by atoms with E-state index in [1.807, 2.05) is 43.3 Å². The second-order valence-electron chi connectivity index (χ2n) is 6.04. The van der Waals surface area contributed by atoms with Crippen LogP contribution in [0.1, 0.15) is 56.6 Å². The Kier molecular flexibility index (Phi) is 9.66. The molecule has 2 heteroatoms. The van der Waals surface area contributed by atoms with E-state index in [-0.39, 0.29) is 12.4 Å². The highest BCUT2D eigenvalue weighted by Crippen LogP contribution is 2.24. The molecule has 0 N–H and O–H groups in total. The monoisotopic (exact) mass is 348 g/mol. The molecule has 1 aromatic carbocycles. The van der Waals surface area contributed by atoms with Crippen molar-refractivity contribution in [2.45, 2.75) is 58.0 Å². The van der Waals surface area contributed by atoms with Gasteiger partial charge in [0.15, 0.2) is 6.10 Å². The van der Waals surface area contributed by atoms with Crippen molar-refractivity contribution in [3.8, 4) is 24.7 Å². The van der Waals surface area contributed by atoms with Gasteiger partial charge in [0.05, 0.1) is 5.92 Å². The third-order valence-electron chi connectivity index (χ3n) is 4.30. The fourth-order valence-corrected chi connectivity index (χ4v) is 2.68. The second-order valence-corrected chi connectivity index (χ2v) is 6.04. The Hall–Kier alpha value is -2.71. The molecule has 0 saturated heterocycles. The first-order chi connectivity index (χ1) is 12.6. The van der Waals surface area contributed by atoms with E-state index in [0.717, 1.165) is 36.8 Å². The van der Waals surface area contributed by atoms with Gasteiger partial charge in [-0.15, -0.1) is 25.3 Å². The summed E-state index contributed by atoms with van der Waals surface area (Å²) in [6, 6.07) is 7.90. The molecule has 136 valence electrons. The third kappa shape index (κ3) is 6.30. The molecule has 0 aliphatic heterocycles. The lowest BCUT2D eigenvalue weighted by Gasteiger charge is -2.20. The van der Waals surface area contributed by atoms with Crippen LogP contribution in [0.4, 0.5) is 0 Å². The Bertz CT molecular complexity index is 695. The normalized spacial score (nSPS) is 13.2.